The molecule has 0 bridgehead atoms. The molecule has 4 aromatic heterocycles. The molecular formula is C38H51N7O2. The highest BCUT2D eigenvalue weighted by atomic mass is 16.5. The Hall–Kier alpha value is -4.01. The lowest BCUT2D eigenvalue weighted by molar-refractivity contribution is -0.122. The van der Waals surface area contributed by atoms with Gasteiger partial charge in [0, 0.05) is 66.6 Å². The average Bonchev–Trinajstić information content (AvgIpc) is 3.56. The van der Waals surface area contributed by atoms with E-state index in [1.807, 2.05) is 35.4 Å². The monoisotopic (exact) mass is 637 g/mol. The van der Waals surface area contributed by atoms with Gasteiger partial charge >= 0.3 is 6.01 Å². The minimum Gasteiger partial charge on any atom is -0.467 e. The van der Waals surface area contributed by atoms with Crippen molar-refractivity contribution in [1.29, 1.82) is 0 Å². The van der Waals surface area contributed by atoms with Gasteiger partial charge < -0.3 is 4.74 Å². The summed E-state index contributed by atoms with van der Waals surface area (Å²) in [6.45, 7) is 15.2. The molecule has 4 heterocycles. The number of nitrogens with zero attached hydrogens (tertiary/aromatic N) is 7. The zero-order valence-electron chi connectivity index (χ0n) is 29.4. The van der Waals surface area contributed by atoms with Gasteiger partial charge in [0.15, 0.2) is 0 Å². The van der Waals surface area contributed by atoms with E-state index in [2.05, 4.69) is 64.5 Å². The van der Waals surface area contributed by atoms with E-state index in [-0.39, 0.29) is 23.3 Å². The first-order valence-corrected chi connectivity index (χ1v) is 17.2. The maximum absolute atomic E-state index is 13.8. The molecule has 0 amide bonds. The van der Waals surface area contributed by atoms with Crippen LogP contribution < -0.4 is 4.74 Å². The summed E-state index contributed by atoms with van der Waals surface area (Å²) in [4.78, 5) is 37.1. The normalized spacial score (nSPS) is 17.7. The van der Waals surface area contributed by atoms with Crippen molar-refractivity contribution < 1.29 is 9.53 Å². The van der Waals surface area contributed by atoms with E-state index < -0.39 is 0 Å². The quantitative estimate of drug-likeness (QED) is 0.153. The van der Waals surface area contributed by atoms with Crippen molar-refractivity contribution in [3.8, 4) is 28.5 Å². The molecule has 250 valence electrons. The van der Waals surface area contributed by atoms with Crippen molar-refractivity contribution in [2.24, 2.45) is 17.8 Å². The minimum atomic E-state index is -0.194. The van der Waals surface area contributed by atoms with Gasteiger partial charge in [0.25, 0.3) is 0 Å². The van der Waals surface area contributed by atoms with E-state index in [1.54, 1.807) is 19.5 Å². The first kappa shape index (κ1) is 34.3. The van der Waals surface area contributed by atoms with Gasteiger partial charge in [-0.15, -0.1) is 0 Å². The molecule has 4 aromatic rings. The van der Waals surface area contributed by atoms with Gasteiger partial charge in [-0.3, -0.25) is 14.5 Å². The van der Waals surface area contributed by atoms with E-state index in [4.69, 9.17) is 24.8 Å². The summed E-state index contributed by atoms with van der Waals surface area (Å²) in [6, 6.07) is 6.74. The molecule has 47 heavy (non-hydrogen) atoms. The third-order valence-electron chi connectivity index (χ3n) is 9.42. The van der Waals surface area contributed by atoms with E-state index in [1.165, 1.54) is 0 Å². The molecule has 9 nitrogen and oxygen atoms in total. The SMILES string of the molecule is COc1ncc(-c2ccc(C(C(=O)CCC(C)C)C3CCC(Cc4ncc(C(C)(C)C)c(-c5ccn(C(C)C)n5)n4)CC3)nc2)cn1. The maximum atomic E-state index is 13.8. The molecular weight excluding hydrogens is 586 g/mol. The summed E-state index contributed by atoms with van der Waals surface area (Å²) in [7, 11) is 1.55. The number of pyridine rings is 1. The Bertz CT molecular complexity index is 1610. The second-order valence-corrected chi connectivity index (χ2v) is 14.9. The molecule has 0 saturated heterocycles. The molecule has 0 aliphatic heterocycles. The Balaban J connectivity index is 1.31. The van der Waals surface area contributed by atoms with Crippen LogP contribution in [0, 0.1) is 17.8 Å². The highest BCUT2D eigenvalue weighted by molar-refractivity contribution is 5.85. The predicted molar refractivity (Wildman–Crippen MR) is 185 cm³/mol. The van der Waals surface area contributed by atoms with Gasteiger partial charge in [0.1, 0.15) is 17.3 Å². The highest BCUT2D eigenvalue weighted by Gasteiger charge is 2.34. The largest absolute Gasteiger partial charge is 0.467 e. The highest BCUT2D eigenvalue weighted by Crippen LogP contribution is 2.41. The fourth-order valence-corrected chi connectivity index (χ4v) is 6.58. The number of rotatable bonds is 12. The molecule has 5 rings (SSSR count). The molecule has 1 fully saturated rings. The summed E-state index contributed by atoms with van der Waals surface area (Å²) < 4.78 is 7.08. The average molecular weight is 638 g/mol. The van der Waals surface area contributed by atoms with Gasteiger partial charge in [0.05, 0.1) is 24.4 Å². The number of carbonyl (C=O) groups is 1. The van der Waals surface area contributed by atoms with Crippen molar-refractivity contribution in [2.45, 2.75) is 111 Å². The van der Waals surface area contributed by atoms with Crippen molar-refractivity contribution in [2.75, 3.05) is 7.11 Å². The van der Waals surface area contributed by atoms with Gasteiger partial charge in [0.2, 0.25) is 0 Å². The summed E-state index contributed by atoms with van der Waals surface area (Å²) in [5.74, 6) is 2.22. The van der Waals surface area contributed by atoms with Crippen molar-refractivity contribution >= 4 is 5.78 Å². The lowest BCUT2D eigenvalue weighted by atomic mass is 9.71. The van der Waals surface area contributed by atoms with Crippen LogP contribution in [-0.4, -0.2) is 47.6 Å². The summed E-state index contributed by atoms with van der Waals surface area (Å²) in [5.41, 5.74) is 5.49. The van der Waals surface area contributed by atoms with E-state index >= 15 is 0 Å². The Labute approximate surface area is 280 Å². The summed E-state index contributed by atoms with van der Waals surface area (Å²) >= 11 is 0. The minimum absolute atomic E-state index is 0.0979. The van der Waals surface area contributed by atoms with Crippen LogP contribution in [0.3, 0.4) is 0 Å². The van der Waals surface area contributed by atoms with Crippen molar-refractivity contribution in [1.82, 2.24) is 34.7 Å². The summed E-state index contributed by atoms with van der Waals surface area (Å²) in [6.07, 6.45) is 15.7. The summed E-state index contributed by atoms with van der Waals surface area (Å²) in [5, 5.41) is 4.85. The number of Topliss-reactive ketones (excluding diaryl/α,β-unsaturated/α-hetero) is 1. The molecule has 1 atom stereocenters. The molecule has 1 aliphatic rings. The molecule has 0 spiro atoms. The second kappa shape index (κ2) is 14.8. The van der Waals surface area contributed by atoms with E-state index in [0.717, 1.165) is 78.1 Å². The zero-order valence-corrected chi connectivity index (χ0v) is 29.4. The number of hydrogen-bond donors (Lipinski definition) is 0. The third-order valence-corrected chi connectivity index (χ3v) is 9.42. The van der Waals surface area contributed by atoms with Crippen LogP contribution in [0.15, 0.2) is 49.2 Å². The standard InChI is InChI=1S/C38H51N7O2/c1-24(2)9-16-33(46)35(31-15-14-28(20-39-31)29-21-41-37(47-8)42-22-29)27-12-10-26(11-13-27)19-34-40-23-30(38(5,6)7)36(43-34)32-17-18-45(44-32)25(3)4/h14-15,17-18,20-27,35H,9-13,16,19H2,1-8H3. The van der Waals surface area contributed by atoms with Crippen LogP contribution in [0.25, 0.3) is 22.5 Å². The van der Waals surface area contributed by atoms with Crippen molar-refractivity contribution in [3.05, 3.63) is 66.3 Å². The Morgan fingerprint density at radius 3 is 2.19 bits per heavy atom. The molecule has 0 aromatic carbocycles. The van der Waals surface area contributed by atoms with Crippen LogP contribution in [0.1, 0.15) is 116 Å². The topological polar surface area (TPSA) is 109 Å². The molecule has 0 radical (unpaired) electrons. The molecule has 1 saturated carbocycles. The van der Waals surface area contributed by atoms with Crippen molar-refractivity contribution in [3.63, 3.8) is 0 Å². The molecule has 1 unspecified atom stereocenters. The fraction of sp³-hybridized carbons (Fsp3) is 0.553. The maximum Gasteiger partial charge on any atom is 0.316 e. The number of ether oxygens (including phenoxy) is 1. The Kier molecular flexibility index (Phi) is 10.8. The van der Waals surface area contributed by atoms with Gasteiger partial charge in [-0.1, -0.05) is 40.7 Å². The van der Waals surface area contributed by atoms with E-state index in [0.29, 0.717) is 30.1 Å². The lowest BCUT2D eigenvalue weighted by Crippen LogP contribution is -2.28. The lowest BCUT2D eigenvalue weighted by Gasteiger charge is -2.33. The predicted octanol–water partition coefficient (Wildman–Crippen LogP) is 8.22. The first-order valence-electron chi connectivity index (χ1n) is 17.2. The van der Waals surface area contributed by atoms with Gasteiger partial charge in [-0.05, 0) is 81.3 Å². The molecule has 0 N–H and O–H groups in total. The molecule has 9 heteroatoms. The van der Waals surface area contributed by atoms with Crippen LogP contribution in [0.4, 0.5) is 0 Å². The van der Waals surface area contributed by atoms with Crippen LogP contribution in [-0.2, 0) is 16.6 Å². The van der Waals surface area contributed by atoms with E-state index in [9.17, 15) is 4.79 Å². The van der Waals surface area contributed by atoms with Crippen LogP contribution in [0.2, 0.25) is 0 Å². The number of hydrogen-bond acceptors (Lipinski definition) is 8. The first-order chi connectivity index (χ1) is 22.4. The van der Waals surface area contributed by atoms with Crippen LogP contribution >= 0.6 is 0 Å². The van der Waals surface area contributed by atoms with Crippen LogP contribution in [0.5, 0.6) is 6.01 Å². The number of aromatic nitrogens is 7. The third kappa shape index (κ3) is 8.48. The molecule has 1 aliphatic carbocycles. The smallest absolute Gasteiger partial charge is 0.316 e. The number of ketones is 1. The van der Waals surface area contributed by atoms with Gasteiger partial charge in [-0.25, -0.2) is 19.9 Å². The van der Waals surface area contributed by atoms with Gasteiger partial charge in [-0.2, -0.15) is 5.10 Å². The Morgan fingerprint density at radius 2 is 1.62 bits per heavy atom. The Morgan fingerprint density at radius 1 is 0.915 bits per heavy atom. The second-order valence-electron chi connectivity index (χ2n) is 14.9. The zero-order chi connectivity index (χ0) is 33.7. The fourth-order valence-electron chi connectivity index (χ4n) is 6.58. The number of carbonyl (C=O) groups excluding carboxylic acids is 1. The number of methoxy groups -OCH3 is 1.